The monoisotopic (exact) mass is 472 g/mol. The summed E-state index contributed by atoms with van der Waals surface area (Å²) in [7, 11) is 0. The predicted octanol–water partition coefficient (Wildman–Crippen LogP) is 2.49. The van der Waals surface area contributed by atoms with Crippen molar-refractivity contribution >= 4 is 11.9 Å². The summed E-state index contributed by atoms with van der Waals surface area (Å²) < 4.78 is 57.2. The summed E-state index contributed by atoms with van der Waals surface area (Å²) in [4.78, 5) is 35.2. The Kier molecular flexibility index (Phi) is 7.41. The van der Waals surface area contributed by atoms with E-state index in [-0.39, 0.29) is 17.9 Å². The maximum absolute atomic E-state index is 13.7. The highest BCUT2D eigenvalue weighted by atomic mass is 19.4. The van der Waals surface area contributed by atoms with Gasteiger partial charge >= 0.3 is 12.1 Å². The summed E-state index contributed by atoms with van der Waals surface area (Å²) in [6.07, 6.45) is 2.88. The van der Waals surface area contributed by atoms with Crippen molar-refractivity contribution in [1.82, 2.24) is 19.9 Å². The first-order chi connectivity index (χ1) is 15.6. The summed E-state index contributed by atoms with van der Waals surface area (Å²) in [5, 5.41) is 7.12. The number of rotatable bonds is 3. The molecule has 1 spiro atoms. The van der Waals surface area contributed by atoms with Crippen molar-refractivity contribution < 1.29 is 41.7 Å². The Bertz CT molecular complexity index is 978. The average Bonchev–Trinajstić information content (AvgIpc) is 3.16. The number of amides is 1. The Morgan fingerprint density at radius 3 is 2.64 bits per heavy atom. The molecule has 4 rings (SSSR count). The highest BCUT2D eigenvalue weighted by Gasteiger charge is 2.46. The maximum Gasteiger partial charge on any atom is 0.490 e. The number of nitrogens with zero attached hydrogens (tertiary/aromatic N) is 4. The van der Waals surface area contributed by atoms with E-state index in [4.69, 9.17) is 19.4 Å². The molecule has 0 bridgehead atoms. The van der Waals surface area contributed by atoms with Crippen LogP contribution in [0.3, 0.4) is 0 Å². The number of hydrogen-bond acceptors (Lipinski definition) is 7. The van der Waals surface area contributed by atoms with Crippen molar-refractivity contribution in [2.45, 2.75) is 37.1 Å². The SMILES string of the molecule is O=C(O)C(F)(F)F.O=C(c1cnccn1)N1CCC[C@]2(C[C@@H](Oc3ncccc3F)CO2)C1. The van der Waals surface area contributed by atoms with Crippen molar-refractivity contribution in [2.75, 3.05) is 19.7 Å². The molecular weight excluding hydrogens is 452 g/mol. The number of carbonyl (C=O) groups is 2. The van der Waals surface area contributed by atoms with Crippen LogP contribution in [0.4, 0.5) is 17.6 Å². The first kappa shape index (κ1) is 24.3. The lowest BCUT2D eigenvalue weighted by Gasteiger charge is -2.39. The Morgan fingerprint density at radius 2 is 2.00 bits per heavy atom. The Hall–Kier alpha value is -3.35. The molecule has 2 saturated heterocycles. The number of hydrogen-bond donors (Lipinski definition) is 1. The molecule has 0 aromatic carbocycles. The number of carbonyl (C=O) groups excluding carboxylic acids is 1. The summed E-state index contributed by atoms with van der Waals surface area (Å²) in [6, 6.07) is 2.84. The number of aromatic nitrogens is 3. The minimum atomic E-state index is -5.08. The van der Waals surface area contributed by atoms with Gasteiger partial charge in [0, 0.05) is 31.6 Å². The van der Waals surface area contributed by atoms with Gasteiger partial charge in [0.15, 0.2) is 5.82 Å². The number of aliphatic carboxylic acids is 1. The van der Waals surface area contributed by atoms with Crippen LogP contribution in [0.2, 0.25) is 0 Å². The van der Waals surface area contributed by atoms with Crippen LogP contribution in [0, 0.1) is 5.82 Å². The molecule has 1 amide bonds. The molecule has 2 aliphatic rings. The zero-order valence-electron chi connectivity index (χ0n) is 17.2. The maximum atomic E-state index is 13.7. The van der Waals surface area contributed by atoms with E-state index >= 15 is 0 Å². The van der Waals surface area contributed by atoms with Crippen molar-refractivity contribution in [1.29, 1.82) is 0 Å². The fourth-order valence-electron chi connectivity index (χ4n) is 3.62. The van der Waals surface area contributed by atoms with Crippen molar-refractivity contribution in [3.63, 3.8) is 0 Å². The first-order valence-corrected chi connectivity index (χ1v) is 9.86. The molecule has 0 saturated carbocycles. The van der Waals surface area contributed by atoms with Crippen LogP contribution >= 0.6 is 0 Å². The molecule has 4 heterocycles. The second kappa shape index (κ2) is 10.1. The summed E-state index contributed by atoms with van der Waals surface area (Å²) >= 11 is 0. The third-order valence-corrected chi connectivity index (χ3v) is 5.03. The van der Waals surface area contributed by atoms with E-state index in [1.165, 1.54) is 36.9 Å². The van der Waals surface area contributed by atoms with Crippen LogP contribution in [0.15, 0.2) is 36.9 Å². The quantitative estimate of drug-likeness (QED) is 0.678. The van der Waals surface area contributed by atoms with Crippen LogP contribution in [0.25, 0.3) is 0 Å². The van der Waals surface area contributed by atoms with E-state index in [9.17, 15) is 22.4 Å². The molecule has 0 radical (unpaired) electrons. The molecule has 2 fully saturated rings. The number of carboxylic acids is 1. The van der Waals surface area contributed by atoms with Gasteiger partial charge in [0.25, 0.3) is 11.8 Å². The van der Waals surface area contributed by atoms with Crippen LogP contribution in [-0.4, -0.2) is 74.4 Å². The fourth-order valence-corrected chi connectivity index (χ4v) is 3.62. The Labute approximate surface area is 185 Å². The smallest absolute Gasteiger partial charge is 0.475 e. The number of halogens is 4. The molecule has 0 aliphatic carbocycles. The van der Waals surface area contributed by atoms with Crippen LogP contribution in [-0.2, 0) is 9.53 Å². The van der Waals surface area contributed by atoms with E-state index in [0.717, 1.165) is 12.8 Å². The van der Waals surface area contributed by atoms with Crippen LogP contribution in [0.1, 0.15) is 29.8 Å². The molecule has 33 heavy (non-hydrogen) atoms. The number of carboxylic acid groups (broad SMARTS) is 1. The molecule has 2 aromatic rings. The second-order valence-corrected chi connectivity index (χ2v) is 7.45. The van der Waals surface area contributed by atoms with Crippen molar-refractivity contribution in [3.05, 3.63) is 48.4 Å². The minimum Gasteiger partial charge on any atom is -0.475 e. The Morgan fingerprint density at radius 1 is 1.24 bits per heavy atom. The van der Waals surface area contributed by atoms with E-state index in [0.29, 0.717) is 31.8 Å². The van der Waals surface area contributed by atoms with Gasteiger partial charge in [0.2, 0.25) is 0 Å². The van der Waals surface area contributed by atoms with Gasteiger partial charge in [-0.3, -0.25) is 9.78 Å². The first-order valence-electron chi connectivity index (χ1n) is 9.86. The largest absolute Gasteiger partial charge is 0.490 e. The number of likely N-dealkylation sites (tertiary alicyclic amines) is 1. The lowest BCUT2D eigenvalue weighted by atomic mass is 9.89. The molecule has 2 aliphatic heterocycles. The molecule has 2 atom stereocenters. The normalized spacial score (nSPS) is 22.4. The summed E-state index contributed by atoms with van der Waals surface area (Å²) in [5.74, 6) is -3.41. The Balaban J connectivity index is 0.000000383. The van der Waals surface area contributed by atoms with E-state index in [1.807, 2.05) is 0 Å². The topological polar surface area (TPSA) is 115 Å². The number of pyridine rings is 1. The fraction of sp³-hybridized carbons (Fsp3) is 0.450. The van der Waals surface area contributed by atoms with Crippen LogP contribution < -0.4 is 4.74 Å². The standard InChI is InChI=1S/C18H19FN4O3.C2HF3O2/c19-14-3-1-5-22-16(14)26-13-9-18(25-11-13)4-2-8-23(12-18)17(24)15-10-20-6-7-21-15;3-2(4,5)1(6)7/h1,3,5-7,10,13H,2,4,8-9,11-12H2;(H,6,7)/t13-,18+;/m1./s1. The van der Waals surface area contributed by atoms with E-state index in [1.54, 1.807) is 4.90 Å². The van der Waals surface area contributed by atoms with Gasteiger partial charge in [-0.2, -0.15) is 13.2 Å². The van der Waals surface area contributed by atoms with E-state index in [2.05, 4.69) is 15.0 Å². The minimum absolute atomic E-state index is 0.0125. The lowest BCUT2D eigenvalue weighted by molar-refractivity contribution is -0.192. The molecule has 2 aromatic heterocycles. The average molecular weight is 472 g/mol. The number of ether oxygens (including phenoxy) is 2. The third kappa shape index (κ3) is 6.34. The number of alkyl halides is 3. The predicted molar refractivity (Wildman–Crippen MR) is 103 cm³/mol. The van der Waals surface area contributed by atoms with Crippen LogP contribution in [0.5, 0.6) is 5.88 Å². The molecule has 0 unspecified atom stereocenters. The number of piperidine rings is 1. The molecular formula is C20H20F4N4O5. The summed E-state index contributed by atoms with van der Waals surface area (Å²) in [6.45, 7) is 1.47. The van der Waals surface area contributed by atoms with Gasteiger partial charge in [0.1, 0.15) is 11.8 Å². The molecule has 1 N–H and O–H groups in total. The van der Waals surface area contributed by atoms with Crippen molar-refractivity contribution in [2.24, 2.45) is 0 Å². The van der Waals surface area contributed by atoms with Gasteiger partial charge in [0.05, 0.1) is 24.9 Å². The third-order valence-electron chi connectivity index (χ3n) is 5.03. The molecule has 13 heteroatoms. The highest BCUT2D eigenvalue weighted by molar-refractivity contribution is 5.92. The second-order valence-electron chi connectivity index (χ2n) is 7.45. The highest BCUT2D eigenvalue weighted by Crippen LogP contribution is 2.36. The van der Waals surface area contributed by atoms with Gasteiger partial charge in [-0.15, -0.1) is 0 Å². The lowest BCUT2D eigenvalue weighted by Crippen LogP contribution is -2.50. The zero-order valence-corrected chi connectivity index (χ0v) is 17.2. The van der Waals surface area contributed by atoms with E-state index < -0.39 is 23.6 Å². The summed E-state index contributed by atoms with van der Waals surface area (Å²) in [5.41, 5.74) is -0.141. The molecule has 178 valence electrons. The van der Waals surface area contributed by atoms with Crippen molar-refractivity contribution in [3.8, 4) is 5.88 Å². The van der Waals surface area contributed by atoms with Gasteiger partial charge < -0.3 is 19.5 Å². The van der Waals surface area contributed by atoms with Gasteiger partial charge in [-0.05, 0) is 25.0 Å². The van der Waals surface area contributed by atoms with Gasteiger partial charge in [-0.1, -0.05) is 0 Å². The molecule has 9 nitrogen and oxygen atoms in total. The van der Waals surface area contributed by atoms with Gasteiger partial charge in [-0.25, -0.2) is 19.2 Å². The zero-order chi connectivity index (χ0) is 24.1.